The van der Waals surface area contributed by atoms with E-state index in [2.05, 4.69) is 29.6 Å². The van der Waals surface area contributed by atoms with Gasteiger partial charge in [-0.05, 0) is 49.1 Å². The monoisotopic (exact) mass is 388 g/mol. The van der Waals surface area contributed by atoms with Gasteiger partial charge < -0.3 is 10.0 Å². The summed E-state index contributed by atoms with van der Waals surface area (Å²) in [5.74, 6) is 1.36. The molecule has 0 aromatic heterocycles. The molecule has 0 saturated carbocycles. The van der Waals surface area contributed by atoms with E-state index in [1.165, 1.54) is 11.1 Å². The van der Waals surface area contributed by atoms with Crippen molar-refractivity contribution in [2.24, 2.45) is 5.92 Å². The Hall–Kier alpha value is -1.37. The lowest BCUT2D eigenvalue weighted by Crippen LogP contribution is -2.51. The highest BCUT2D eigenvalue weighted by Crippen LogP contribution is 2.32. The van der Waals surface area contributed by atoms with Gasteiger partial charge in [-0.15, -0.1) is 11.8 Å². The number of Topliss-reactive ketones (excluding diaryl/α,β-unsaturated/α-hetero) is 1. The largest absolute Gasteiger partial charge is 0.394 e. The van der Waals surface area contributed by atoms with Crippen LogP contribution in [0.2, 0.25) is 0 Å². The molecule has 4 rings (SSSR count). The van der Waals surface area contributed by atoms with Gasteiger partial charge in [-0.25, -0.2) is 0 Å². The highest BCUT2D eigenvalue weighted by molar-refractivity contribution is 8.00. The summed E-state index contributed by atoms with van der Waals surface area (Å²) < 4.78 is 0. The molecule has 6 heteroatoms. The number of benzene rings is 1. The summed E-state index contributed by atoms with van der Waals surface area (Å²) in [6.07, 6.45) is 5.35. The highest BCUT2D eigenvalue weighted by Gasteiger charge is 2.42. The molecule has 5 nitrogen and oxygen atoms in total. The Morgan fingerprint density at radius 1 is 1.22 bits per heavy atom. The van der Waals surface area contributed by atoms with Gasteiger partial charge in [-0.2, -0.15) is 0 Å². The Balaban J connectivity index is 1.32. The maximum absolute atomic E-state index is 12.9. The molecule has 1 aromatic rings. The molecule has 3 atom stereocenters. The predicted octanol–water partition coefficient (Wildman–Crippen LogP) is 1.77. The molecule has 3 aliphatic rings. The lowest BCUT2D eigenvalue weighted by atomic mass is 9.96. The Kier molecular flexibility index (Phi) is 5.85. The second-order valence-electron chi connectivity index (χ2n) is 7.97. The van der Waals surface area contributed by atoms with Crippen molar-refractivity contribution in [3.05, 3.63) is 35.4 Å². The number of nitrogens with one attached hydrogen (secondary N) is 1. The highest BCUT2D eigenvalue weighted by atomic mass is 32.2. The molecule has 2 heterocycles. The van der Waals surface area contributed by atoms with Crippen LogP contribution in [0.15, 0.2) is 24.3 Å². The van der Waals surface area contributed by atoms with Crippen LogP contribution in [0.25, 0.3) is 0 Å². The zero-order valence-corrected chi connectivity index (χ0v) is 16.4. The SMILES string of the molecule is O=C(CCC1Cc2ccccc2C1)C1SCN[C@@H]1C(=O)N1CCC[C@H]1CO. The second kappa shape index (κ2) is 8.33. The van der Waals surface area contributed by atoms with E-state index >= 15 is 0 Å². The van der Waals surface area contributed by atoms with Crippen LogP contribution in [0, 0.1) is 5.92 Å². The van der Waals surface area contributed by atoms with Crippen LogP contribution in [0.4, 0.5) is 0 Å². The van der Waals surface area contributed by atoms with Crippen molar-refractivity contribution in [1.82, 2.24) is 10.2 Å². The molecule has 1 aliphatic carbocycles. The third-order valence-corrected chi connectivity index (χ3v) is 7.49. The van der Waals surface area contributed by atoms with Crippen LogP contribution in [-0.2, 0) is 22.4 Å². The summed E-state index contributed by atoms with van der Waals surface area (Å²) >= 11 is 1.55. The standard InChI is InChI=1S/C21H28N2O3S/c24-12-17-6-3-9-23(17)21(26)19-20(27-13-22-19)18(25)8-7-14-10-15-4-1-2-5-16(15)11-14/h1-2,4-5,14,17,19-20,22,24H,3,6-13H2/t17-,19-,20?/m0/s1. The van der Waals surface area contributed by atoms with E-state index in [0.717, 1.165) is 32.1 Å². The smallest absolute Gasteiger partial charge is 0.241 e. The Bertz CT molecular complexity index is 685. The third-order valence-electron chi connectivity index (χ3n) is 6.26. The number of ketones is 1. The topological polar surface area (TPSA) is 69.6 Å². The molecular weight excluding hydrogens is 360 g/mol. The number of aliphatic hydroxyl groups is 1. The number of carbonyl (C=O) groups excluding carboxylic acids is 2. The summed E-state index contributed by atoms with van der Waals surface area (Å²) in [5.41, 5.74) is 2.84. The maximum Gasteiger partial charge on any atom is 0.241 e. The average Bonchev–Trinajstić information content (AvgIpc) is 3.43. The van der Waals surface area contributed by atoms with Gasteiger partial charge in [0.25, 0.3) is 0 Å². The molecule has 1 aromatic carbocycles. The van der Waals surface area contributed by atoms with Crippen molar-refractivity contribution < 1.29 is 14.7 Å². The Morgan fingerprint density at radius 3 is 2.67 bits per heavy atom. The van der Waals surface area contributed by atoms with Gasteiger partial charge in [0.05, 0.1) is 17.9 Å². The van der Waals surface area contributed by atoms with Crippen molar-refractivity contribution in [2.75, 3.05) is 19.0 Å². The van der Waals surface area contributed by atoms with Crippen molar-refractivity contribution in [1.29, 1.82) is 0 Å². The number of hydrogen-bond donors (Lipinski definition) is 2. The van der Waals surface area contributed by atoms with Crippen molar-refractivity contribution >= 4 is 23.5 Å². The predicted molar refractivity (Wildman–Crippen MR) is 107 cm³/mol. The zero-order valence-electron chi connectivity index (χ0n) is 15.6. The minimum absolute atomic E-state index is 0.00640. The van der Waals surface area contributed by atoms with Crippen molar-refractivity contribution in [2.45, 2.75) is 55.9 Å². The first-order valence-electron chi connectivity index (χ1n) is 10.0. The molecule has 27 heavy (non-hydrogen) atoms. The summed E-state index contributed by atoms with van der Waals surface area (Å²) in [5, 5.41) is 12.4. The number of likely N-dealkylation sites (tertiary alicyclic amines) is 1. The van der Waals surface area contributed by atoms with Crippen LogP contribution in [0.3, 0.4) is 0 Å². The quantitative estimate of drug-likeness (QED) is 0.777. The fraction of sp³-hybridized carbons (Fsp3) is 0.619. The van der Waals surface area contributed by atoms with Crippen LogP contribution in [0.1, 0.15) is 36.8 Å². The van der Waals surface area contributed by atoms with Crippen molar-refractivity contribution in [3.63, 3.8) is 0 Å². The van der Waals surface area contributed by atoms with E-state index in [1.54, 1.807) is 16.7 Å². The molecule has 0 radical (unpaired) electrons. The van der Waals surface area contributed by atoms with Crippen molar-refractivity contribution in [3.8, 4) is 0 Å². The molecule has 2 N–H and O–H groups in total. The number of hydrogen-bond acceptors (Lipinski definition) is 5. The molecule has 2 fully saturated rings. The van der Waals surface area contributed by atoms with Crippen LogP contribution in [0.5, 0.6) is 0 Å². The fourth-order valence-electron chi connectivity index (χ4n) is 4.76. The number of rotatable bonds is 6. The number of thioether (sulfide) groups is 1. The van der Waals surface area contributed by atoms with Gasteiger partial charge in [0.1, 0.15) is 11.8 Å². The van der Waals surface area contributed by atoms with Crippen LogP contribution in [-0.4, -0.2) is 58.1 Å². The van der Waals surface area contributed by atoms with E-state index in [1.807, 2.05) is 0 Å². The zero-order chi connectivity index (χ0) is 18.8. The Morgan fingerprint density at radius 2 is 1.96 bits per heavy atom. The lowest BCUT2D eigenvalue weighted by Gasteiger charge is -2.28. The molecule has 1 amide bonds. The van der Waals surface area contributed by atoms with Gasteiger partial charge >= 0.3 is 0 Å². The average molecular weight is 389 g/mol. The van der Waals surface area contributed by atoms with Gasteiger partial charge in [-0.3, -0.25) is 14.9 Å². The molecule has 146 valence electrons. The van der Waals surface area contributed by atoms with E-state index in [4.69, 9.17) is 0 Å². The van der Waals surface area contributed by atoms with Gasteiger partial charge in [-0.1, -0.05) is 24.3 Å². The third kappa shape index (κ3) is 3.93. The first-order chi connectivity index (χ1) is 13.2. The summed E-state index contributed by atoms with van der Waals surface area (Å²) in [4.78, 5) is 27.6. The van der Waals surface area contributed by atoms with Gasteiger partial charge in [0.2, 0.25) is 5.91 Å². The number of carbonyl (C=O) groups is 2. The number of fused-ring (bicyclic) bond motifs is 1. The maximum atomic E-state index is 12.9. The Labute approximate surface area is 164 Å². The van der Waals surface area contributed by atoms with E-state index in [9.17, 15) is 14.7 Å². The van der Waals surface area contributed by atoms with E-state index < -0.39 is 6.04 Å². The normalized spacial score (nSPS) is 27.9. The number of amides is 1. The van der Waals surface area contributed by atoms with Crippen LogP contribution >= 0.6 is 11.8 Å². The molecule has 1 unspecified atom stereocenters. The number of aliphatic hydroxyl groups excluding tert-OH is 1. The molecular formula is C21H28N2O3S. The summed E-state index contributed by atoms with van der Waals surface area (Å²) in [6, 6.07) is 8.03. The first kappa shape index (κ1) is 19.0. The minimum Gasteiger partial charge on any atom is -0.394 e. The van der Waals surface area contributed by atoms with E-state index in [-0.39, 0.29) is 29.6 Å². The fourth-order valence-corrected chi connectivity index (χ4v) is 5.93. The van der Waals surface area contributed by atoms with Gasteiger partial charge in [0.15, 0.2) is 0 Å². The second-order valence-corrected chi connectivity index (χ2v) is 9.10. The molecule has 0 spiro atoms. The molecule has 2 aliphatic heterocycles. The lowest BCUT2D eigenvalue weighted by molar-refractivity contribution is -0.136. The minimum atomic E-state index is -0.435. The first-order valence-corrected chi connectivity index (χ1v) is 11.1. The molecule has 2 saturated heterocycles. The van der Waals surface area contributed by atoms with Gasteiger partial charge in [0, 0.05) is 18.8 Å². The van der Waals surface area contributed by atoms with E-state index in [0.29, 0.717) is 24.8 Å². The molecule has 0 bridgehead atoms. The summed E-state index contributed by atoms with van der Waals surface area (Å²) in [6.45, 7) is 0.695. The number of nitrogens with zero attached hydrogens (tertiary/aromatic N) is 1. The van der Waals surface area contributed by atoms with Crippen LogP contribution < -0.4 is 5.32 Å². The summed E-state index contributed by atoms with van der Waals surface area (Å²) in [7, 11) is 0.